The second kappa shape index (κ2) is 11.4. The van der Waals surface area contributed by atoms with Gasteiger partial charge in [-0.25, -0.2) is 4.98 Å². The van der Waals surface area contributed by atoms with Gasteiger partial charge in [0.1, 0.15) is 17.2 Å². The molecule has 2 N–H and O–H groups in total. The topological polar surface area (TPSA) is 77.0 Å². The fourth-order valence-corrected chi connectivity index (χ4v) is 2.97. The summed E-state index contributed by atoms with van der Waals surface area (Å²) in [4.78, 5) is 8.65. The first kappa shape index (κ1) is 22.0. The predicted octanol–water partition coefficient (Wildman–Crippen LogP) is 3.80. The lowest BCUT2D eigenvalue weighted by atomic mass is 10.1. The second-order valence-electron chi connectivity index (χ2n) is 6.70. The van der Waals surface area contributed by atoms with Crippen molar-refractivity contribution >= 4 is 5.96 Å². The van der Waals surface area contributed by atoms with E-state index in [9.17, 15) is 0 Å². The number of nitrogens with one attached hydrogen (secondary N) is 2. The third kappa shape index (κ3) is 6.64. The first-order valence-electron chi connectivity index (χ1n) is 10.0. The van der Waals surface area contributed by atoms with E-state index < -0.39 is 0 Å². The fraction of sp³-hybridized carbons (Fsp3) is 0.250. The number of benzene rings is 2. The van der Waals surface area contributed by atoms with Gasteiger partial charge in [0.05, 0.1) is 14.2 Å². The van der Waals surface area contributed by atoms with Crippen LogP contribution in [-0.4, -0.2) is 38.8 Å². The molecule has 0 atom stereocenters. The Balaban J connectivity index is 1.45. The van der Waals surface area contributed by atoms with Crippen molar-refractivity contribution < 1.29 is 14.2 Å². The lowest BCUT2D eigenvalue weighted by Gasteiger charge is -2.13. The van der Waals surface area contributed by atoms with Crippen molar-refractivity contribution in [3.05, 3.63) is 78.0 Å². The van der Waals surface area contributed by atoms with Crippen LogP contribution in [0.1, 0.15) is 11.1 Å². The van der Waals surface area contributed by atoms with E-state index in [-0.39, 0.29) is 0 Å². The molecular weight excluding hydrogens is 392 g/mol. The number of aliphatic imine (C=N–C) groups is 1. The van der Waals surface area contributed by atoms with Crippen LogP contribution in [0.5, 0.6) is 23.1 Å². The summed E-state index contributed by atoms with van der Waals surface area (Å²) in [6, 6.07) is 19.2. The number of hydrogen-bond acceptors (Lipinski definition) is 5. The van der Waals surface area contributed by atoms with E-state index in [1.807, 2.05) is 54.6 Å². The van der Waals surface area contributed by atoms with Crippen molar-refractivity contribution in [1.82, 2.24) is 15.6 Å². The van der Waals surface area contributed by atoms with E-state index in [0.717, 1.165) is 41.6 Å². The molecule has 1 heterocycles. The molecule has 3 rings (SSSR count). The third-order valence-corrected chi connectivity index (χ3v) is 4.64. The van der Waals surface area contributed by atoms with Gasteiger partial charge in [-0.1, -0.05) is 24.3 Å². The van der Waals surface area contributed by atoms with Gasteiger partial charge in [-0.3, -0.25) is 4.99 Å². The lowest BCUT2D eigenvalue weighted by Crippen LogP contribution is -2.37. The van der Waals surface area contributed by atoms with Crippen molar-refractivity contribution in [2.75, 3.05) is 27.8 Å². The first-order chi connectivity index (χ1) is 15.2. The average molecular weight is 421 g/mol. The molecule has 0 fully saturated rings. The number of ether oxygens (including phenoxy) is 3. The van der Waals surface area contributed by atoms with E-state index >= 15 is 0 Å². The van der Waals surface area contributed by atoms with Crippen LogP contribution in [0.3, 0.4) is 0 Å². The quantitative estimate of drug-likeness (QED) is 0.405. The van der Waals surface area contributed by atoms with Crippen LogP contribution in [0.2, 0.25) is 0 Å². The minimum absolute atomic E-state index is 0.535. The molecule has 0 aliphatic carbocycles. The molecule has 0 saturated carbocycles. The molecule has 0 bridgehead atoms. The van der Waals surface area contributed by atoms with Crippen LogP contribution in [0.25, 0.3) is 0 Å². The van der Waals surface area contributed by atoms with Gasteiger partial charge in [-0.05, 0) is 47.9 Å². The molecule has 7 nitrogen and oxygen atoms in total. The predicted molar refractivity (Wildman–Crippen MR) is 122 cm³/mol. The zero-order valence-corrected chi connectivity index (χ0v) is 18.1. The summed E-state index contributed by atoms with van der Waals surface area (Å²) in [6.07, 6.45) is 2.62. The molecule has 0 aliphatic rings. The highest BCUT2D eigenvalue weighted by molar-refractivity contribution is 5.79. The molecule has 0 saturated heterocycles. The Morgan fingerprint density at radius 3 is 2.35 bits per heavy atom. The summed E-state index contributed by atoms with van der Waals surface area (Å²) >= 11 is 0. The highest BCUT2D eigenvalue weighted by Gasteiger charge is 2.04. The number of aromatic nitrogens is 1. The van der Waals surface area contributed by atoms with Gasteiger partial charge >= 0.3 is 0 Å². The molecule has 162 valence electrons. The molecule has 1 aromatic heterocycles. The zero-order chi connectivity index (χ0) is 21.9. The highest BCUT2D eigenvalue weighted by Crippen LogP contribution is 2.22. The maximum Gasteiger partial charge on any atom is 0.219 e. The maximum atomic E-state index is 5.76. The summed E-state index contributed by atoms with van der Waals surface area (Å²) in [5.74, 6) is 3.66. The normalized spacial score (nSPS) is 11.0. The van der Waals surface area contributed by atoms with Crippen LogP contribution in [0.4, 0.5) is 0 Å². The van der Waals surface area contributed by atoms with Gasteiger partial charge in [0.15, 0.2) is 5.96 Å². The molecule has 0 spiro atoms. The Labute approximate surface area is 183 Å². The number of pyridine rings is 1. The summed E-state index contributed by atoms with van der Waals surface area (Å²) < 4.78 is 16.3. The molecule has 0 radical (unpaired) electrons. The van der Waals surface area contributed by atoms with E-state index in [0.29, 0.717) is 18.2 Å². The van der Waals surface area contributed by atoms with Gasteiger partial charge in [0, 0.05) is 32.4 Å². The fourth-order valence-electron chi connectivity index (χ4n) is 2.97. The number of rotatable bonds is 9. The van der Waals surface area contributed by atoms with Crippen molar-refractivity contribution in [2.24, 2.45) is 4.99 Å². The molecule has 3 aromatic rings. The Morgan fingerprint density at radius 2 is 1.68 bits per heavy atom. The second-order valence-corrected chi connectivity index (χ2v) is 6.70. The van der Waals surface area contributed by atoms with Gasteiger partial charge < -0.3 is 24.8 Å². The monoisotopic (exact) mass is 420 g/mol. The SMILES string of the molecule is CN=C(NCCc1ccccc1OC)NCc1ccc(Oc2ccc(OC)cc2)nc1. The molecule has 0 unspecified atom stereocenters. The number of para-hydroxylation sites is 1. The highest BCUT2D eigenvalue weighted by atomic mass is 16.5. The zero-order valence-electron chi connectivity index (χ0n) is 18.1. The van der Waals surface area contributed by atoms with E-state index in [1.54, 1.807) is 27.5 Å². The maximum absolute atomic E-state index is 5.76. The Kier molecular flexibility index (Phi) is 8.11. The van der Waals surface area contributed by atoms with Crippen LogP contribution in [-0.2, 0) is 13.0 Å². The summed E-state index contributed by atoms with van der Waals surface area (Å²) in [7, 11) is 5.07. The minimum Gasteiger partial charge on any atom is -0.497 e. The first-order valence-corrected chi connectivity index (χ1v) is 10.0. The van der Waals surface area contributed by atoms with Crippen molar-refractivity contribution in [3.8, 4) is 23.1 Å². The van der Waals surface area contributed by atoms with Crippen LogP contribution in [0, 0.1) is 0 Å². The van der Waals surface area contributed by atoms with Crippen LogP contribution >= 0.6 is 0 Å². The van der Waals surface area contributed by atoms with Crippen molar-refractivity contribution in [2.45, 2.75) is 13.0 Å². The van der Waals surface area contributed by atoms with E-state index in [2.05, 4.69) is 26.7 Å². The molecule has 0 aliphatic heterocycles. The Morgan fingerprint density at radius 1 is 0.903 bits per heavy atom. The number of hydrogen-bond donors (Lipinski definition) is 2. The van der Waals surface area contributed by atoms with Gasteiger partial charge in [0.2, 0.25) is 5.88 Å². The third-order valence-electron chi connectivity index (χ3n) is 4.64. The van der Waals surface area contributed by atoms with Crippen molar-refractivity contribution in [1.29, 1.82) is 0 Å². The summed E-state index contributed by atoms with van der Waals surface area (Å²) in [5, 5.41) is 6.62. The van der Waals surface area contributed by atoms with E-state index in [1.165, 1.54) is 0 Å². The van der Waals surface area contributed by atoms with Gasteiger partial charge in [0.25, 0.3) is 0 Å². The summed E-state index contributed by atoms with van der Waals surface area (Å²) in [6.45, 7) is 1.34. The van der Waals surface area contributed by atoms with Crippen LogP contribution in [0.15, 0.2) is 71.9 Å². The molecule has 0 amide bonds. The number of nitrogens with zero attached hydrogens (tertiary/aromatic N) is 2. The van der Waals surface area contributed by atoms with Gasteiger partial charge in [-0.2, -0.15) is 0 Å². The Hall–Kier alpha value is -3.74. The summed E-state index contributed by atoms with van der Waals surface area (Å²) in [5.41, 5.74) is 2.18. The number of methoxy groups -OCH3 is 2. The smallest absolute Gasteiger partial charge is 0.219 e. The average Bonchev–Trinajstić information content (AvgIpc) is 2.83. The van der Waals surface area contributed by atoms with Crippen molar-refractivity contribution in [3.63, 3.8) is 0 Å². The molecular formula is C24H28N4O3. The molecule has 2 aromatic carbocycles. The standard InChI is InChI=1S/C24H28N4O3/c1-25-24(26-15-14-19-6-4-5-7-22(19)30-3)28-17-18-8-13-23(27-16-18)31-21-11-9-20(29-2)10-12-21/h4-13,16H,14-15,17H2,1-3H3,(H2,25,26,28). The minimum atomic E-state index is 0.535. The molecule has 31 heavy (non-hydrogen) atoms. The molecule has 7 heteroatoms. The number of guanidine groups is 1. The van der Waals surface area contributed by atoms with Gasteiger partial charge in [-0.15, -0.1) is 0 Å². The van der Waals surface area contributed by atoms with E-state index in [4.69, 9.17) is 14.2 Å². The Bertz CT molecular complexity index is 973. The lowest BCUT2D eigenvalue weighted by molar-refractivity contribution is 0.409. The van der Waals surface area contributed by atoms with Crippen LogP contribution < -0.4 is 24.8 Å². The largest absolute Gasteiger partial charge is 0.497 e.